The smallest absolute Gasteiger partial charge is 0.337 e. The quantitative estimate of drug-likeness (QED) is 0.367. The number of hydrogen-bond acceptors (Lipinski definition) is 5. The SMILES string of the molecule is O=C(O)CC(O)(C(=O)O)C(C(=O)O)C1=CN1. The Balaban J connectivity index is 3.07. The summed E-state index contributed by atoms with van der Waals surface area (Å²) in [6, 6.07) is 0. The molecule has 0 aromatic heterocycles. The zero-order chi connectivity index (χ0) is 12.5. The van der Waals surface area contributed by atoms with Gasteiger partial charge in [-0.05, 0) is 0 Å². The third-order valence-electron chi connectivity index (χ3n) is 2.14. The Kier molecular flexibility index (Phi) is 2.86. The van der Waals surface area contributed by atoms with E-state index in [1.807, 2.05) is 0 Å². The number of rotatable bonds is 6. The number of nitrogens with one attached hydrogen (secondary N) is 1. The van der Waals surface area contributed by atoms with Crippen LogP contribution in [0, 0.1) is 5.92 Å². The predicted molar refractivity (Wildman–Crippen MR) is 47.2 cm³/mol. The number of aliphatic carboxylic acids is 3. The van der Waals surface area contributed by atoms with Crippen LogP contribution >= 0.6 is 0 Å². The van der Waals surface area contributed by atoms with Gasteiger partial charge in [0, 0.05) is 11.9 Å². The molecule has 8 nitrogen and oxygen atoms in total. The van der Waals surface area contributed by atoms with Gasteiger partial charge in [-0.3, -0.25) is 9.59 Å². The maximum absolute atomic E-state index is 10.8. The molecule has 0 saturated heterocycles. The van der Waals surface area contributed by atoms with E-state index in [1.54, 1.807) is 0 Å². The normalized spacial score (nSPS) is 18.7. The zero-order valence-electron chi connectivity index (χ0n) is 7.88. The van der Waals surface area contributed by atoms with Crippen LogP contribution in [0.2, 0.25) is 0 Å². The van der Waals surface area contributed by atoms with Crippen molar-refractivity contribution < 1.29 is 34.8 Å². The Morgan fingerprint density at radius 3 is 2.06 bits per heavy atom. The summed E-state index contributed by atoms with van der Waals surface area (Å²) in [5.74, 6) is -6.92. The van der Waals surface area contributed by atoms with Crippen LogP contribution < -0.4 is 5.32 Å². The Morgan fingerprint density at radius 1 is 1.31 bits per heavy atom. The molecule has 0 aromatic rings. The molecule has 0 radical (unpaired) electrons. The van der Waals surface area contributed by atoms with Gasteiger partial charge in [-0.15, -0.1) is 0 Å². The van der Waals surface area contributed by atoms with E-state index in [0.29, 0.717) is 0 Å². The Morgan fingerprint density at radius 2 is 1.81 bits per heavy atom. The van der Waals surface area contributed by atoms with E-state index in [-0.39, 0.29) is 5.70 Å². The van der Waals surface area contributed by atoms with Crippen LogP contribution in [0.15, 0.2) is 11.9 Å². The first-order valence-corrected chi connectivity index (χ1v) is 4.16. The zero-order valence-corrected chi connectivity index (χ0v) is 7.88. The molecule has 1 aliphatic rings. The van der Waals surface area contributed by atoms with Crippen LogP contribution in [0.4, 0.5) is 0 Å². The topological polar surface area (TPSA) is 154 Å². The summed E-state index contributed by atoms with van der Waals surface area (Å²) in [7, 11) is 0. The monoisotopic (exact) mass is 231 g/mol. The molecule has 1 aliphatic heterocycles. The summed E-state index contributed by atoms with van der Waals surface area (Å²) in [6.07, 6.45) is -0.00708. The van der Waals surface area contributed by atoms with Crippen LogP contribution in [0.5, 0.6) is 0 Å². The molecular formula is C8H9NO7. The Labute approximate surface area is 88.8 Å². The first-order valence-electron chi connectivity index (χ1n) is 4.16. The van der Waals surface area contributed by atoms with Crippen LogP contribution in [0.1, 0.15) is 6.42 Å². The number of carboxylic acid groups (broad SMARTS) is 3. The molecule has 16 heavy (non-hydrogen) atoms. The first kappa shape index (κ1) is 12.0. The molecular weight excluding hydrogens is 222 g/mol. The number of aliphatic hydroxyl groups is 1. The molecule has 88 valence electrons. The molecule has 5 N–H and O–H groups in total. The van der Waals surface area contributed by atoms with Crippen molar-refractivity contribution in [1.82, 2.24) is 5.32 Å². The number of carboxylic acids is 3. The fourth-order valence-electron chi connectivity index (χ4n) is 1.33. The lowest BCUT2D eigenvalue weighted by Crippen LogP contribution is -2.51. The van der Waals surface area contributed by atoms with Gasteiger partial charge in [0.2, 0.25) is 0 Å². The van der Waals surface area contributed by atoms with Gasteiger partial charge >= 0.3 is 17.9 Å². The van der Waals surface area contributed by atoms with Gasteiger partial charge in [0.25, 0.3) is 0 Å². The van der Waals surface area contributed by atoms with Gasteiger partial charge in [0.1, 0.15) is 5.92 Å². The second-order valence-corrected chi connectivity index (χ2v) is 3.32. The minimum atomic E-state index is -2.87. The average molecular weight is 231 g/mol. The maximum Gasteiger partial charge on any atom is 0.337 e. The van der Waals surface area contributed by atoms with Crippen molar-refractivity contribution in [1.29, 1.82) is 0 Å². The summed E-state index contributed by atoms with van der Waals surface area (Å²) in [5.41, 5.74) is -2.88. The molecule has 0 amide bonds. The molecule has 0 aliphatic carbocycles. The molecule has 0 aromatic carbocycles. The second kappa shape index (κ2) is 3.81. The highest BCUT2D eigenvalue weighted by Crippen LogP contribution is 2.31. The molecule has 0 spiro atoms. The van der Waals surface area contributed by atoms with E-state index in [0.717, 1.165) is 0 Å². The van der Waals surface area contributed by atoms with Gasteiger partial charge in [0.15, 0.2) is 5.60 Å². The van der Waals surface area contributed by atoms with Crippen LogP contribution in [-0.2, 0) is 14.4 Å². The summed E-state index contributed by atoms with van der Waals surface area (Å²) in [5, 5.41) is 38.0. The van der Waals surface area contributed by atoms with Crippen LogP contribution in [-0.4, -0.2) is 43.9 Å². The van der Waals surface area contributed by atoms with Gasteiger partial charge in [0.05, 0.1) is 6.42 Å². The molecule has 1 rings (SSSR count). The molecule has 0 fully saturated rings. The van der Waals surface area contributed by atoms with Crippen LogP contribution in [0.25, 0.3) is 0 Å². The molecule has 0 bridgehead atoms. The van der Waals surface area contributed by atoms with E-state index < -0.39 is 35.8 Å². The molecule has 1 heterocycles. The van der Waals surface area contributed by atoms with Crippen molar-refractivity contribution in [2.24, 2.45) is 5.92 Å². The summed E-state index contributed by atoms with van der Waals surface area (Å²) >= 11 is 0. The summed E-state index contributed by atoms with van der Waals surface area (Å²) < 4.78 is 0. The maximum atomic E-state index is 10.8. The molecule has 0 saturated carbocycles. The predicted octanol–water partition coefficient (Wildman–Crippen LogP) is -1.58. The van der Waals surface area contributed by atoms with Crippen molar-refractivity contribution in [2.45, 2.75) is 12.0 Å². The first-order chi connectivity index (χ1) is 7.29. The van der Waals surface area contributed by atoms with E-state index in [9.17, 15) is 19.5 Å². The van der Waals surface area contributed by atoms with Crippen molar-refractivity contribution in [3.05, 3.63) is 11.9 Å². The van der Waals surface area contributed by atoms with Gasteiger partial charge in [-0.2, -0.15) is 0 Å². The van der Waals surface area contributed by atoms with Crippen LogP contribution in [0.3, 0.4) is 0 Å². The third kappa shape index (κ3) is 2.11. The molecule has 8 heteroatoms. The molecule has 2 unspecified atom stereocenters. The lowest BCUT2D eigenvalue weighted by Gasteiger charge is -2.26. The molecule has 2 atom stereocenters. The minimum Gasteiger partial charge on any atom is -0.481 e. The Bertz CT molecular complexity index is 386. The Hall–Kier alpha value is -2.09. The average Bonchev–Trinajstić information content (AvgIpc) is 2.85. The van der Waals surface area contributed by atoms with Gasteiger partial charge in [-0.1, -0.05) is 0 Å². The van der Waals surface area contributed by atoms with E-state index in [4.69, 9.17) is 15.3 Å². The van der Waals surface area contributed by atoms with Crippen molar-refractivity contribution in [3.8, 4) is 0 Å². The van der Waals surface area contributed by atoms with Crippen molar-refractivity contribution >= 4 is 17.9 Å². The number of hydrogen-bond donors (Lipinski definition) is 5. The highest BCUT2D eigenvalue weighted by atomic mass is 16.4. The largest absolute Gasteiger partial charge is 0.481 e. The van der Waals surface area contributed by atoms with Gasteiger partial charge < -0.3 is 25.7 Å². The van der Waals surface area contributed by atoms with E-state index in [1.165, 1.54) is 6.20 Å². The fraction of sp³-hybridized carbons (Fsp3) is 0.375. The summed E-state index contributed by atoms with van der Waals surface area (Å²) in [4.78, 5) is 32.1. The summed E-state index contributed by atoms with van der Waals surface area (Å²) in [6.45, 7) is 0. The standard InChI is InChI=1S/C8H9NO7/c10-4(11)1-8(16,7(14)15)5(6(12)13)3-2-9-3/h2,5,9,16H,1H2,(H,10,11)(H,12,13)(H,14,15). The highest BCUT2D eigenvalue weighted by Gasteiger charge is 2.53. The lowest BCUT2D eigenvalue weighted by molar-refractivity contribution is -0.176. The highest BCUT2D eigenvalue weighted by molar-refractivity contribution is 5.91. The fourth-order valence-corrected chi connectivity index (χ4v) is 1.33. The second-order valence-electron chi connectivity index (χ2n) is 3.32. The van der Waals surface area contributed by atoms with E-state index >= 15 is 0 Å². The number of carbonyl (C=O) groups is 3. The van der Waals surface area contributed by atoms with Crippen molar-refractivity contribution in [3.63, 3.8) is 0 Å². The lowest BCUT2D eigenvalue weighted by atomic mass is 9.83. The third-order valence-corrected chi connectivity index (χ3v) is 2.14. The van der Waals surface area contributed by atoms with Crippen molar-refractivity contribution in [2.75, 3.05) is 0 Å². The van der Waals surface area contributed by atoms with E-state index in [2.05, 4.69) is 5.32 Å². The minimum absolute atomic E-state index is 0.0151. The van der Waals surface area contributed by atoms with Gasteiger partial charge in [-0.25, -0.2) is 4.79 Å².